The van der Waals surface area contributed by atoms with Crippen molar-refractivity contribution in [1.29, 1.82) is 0 Å². The molecule has 3 rings (SSSR count). The van der Waals surface area contributed by atoms with Crippen LogP contribution < -0.4 is 19.6 Å². The summed E-state index contributed by atoms with van der Waals surface area (Å²) in [5, 5.41) is 14.5. The number of hydrazone groups is 1. The van der Waals surface area contributed by atoms with Gasteiger partial charge in [-0.15, -0.1) is 0 Å². The fourth-order valence-corrected chi connectivity index (χ4v) is 2.67. The highest BCUT2D eigenvalue weighted by atomic mass is 16.6. The molecule has 0 heterocycles. The molecule has 3 aromatic rings. The lowest BCUT2D eigenvalue weighted by Crippen LogP contribution is -2.24. The Labute approximate surface area is 194 Å². The smallest absolute Gasteiger partial charge is 0.343 e. The Balaban J connectivity index is 1.44. The van der Waals surface area contributed by atoms with Crippen LogP contribution in [0, 0.1) is 10.1 Å². The molecule has 0 fully saturated rings. The molecule has 34 heavy (non-hydrogen) atoms. The van der Waals surface area contributed by atoms with Gasteiger partial charge in [0, 0.05) is 12.1 Å². The zero-order valence-electron chi connectivity index (χ0n) is 18.2. The fourth-order valence-electron chi connectivity index (χ4n) is 2.67. The van der Waals surface area contributed by atoms with Gasteiger partial charge in [0.05, 0.1) is 23.3 Å². The van der Waals surface area contributed by atoms with Crippen LogP contribution in [0.25, 0.3) is 0 Å². The lowest BCUT2D eigenvalue weighted by molar-refractivity contribution is -0.384. The first kappa shape index (κ1) is 23.9. The Morgan fingerprint density at radius 2 is 1.50 bits per heavy atom. The summed E-state index contributed by atoms with van der Waals surface area (Å²) in [4.78, 5) is 34.2. The van der Waals surface area contributed by atoms with Crippen molar-refractivity contribution in [2.45, 2.75) is 6.92 Å². The van der Waals surface area contributed by atoms with Gasteiger partial charge in [0.1, 0.15) is 17.2 Å². The molecule has 0 aliphatic carbocycles. The summed E-state index contributed by atoms with van der Waals surface area (Å²) >= 11 is 0. The molecular weight excluding hydrogens is 442 g/mol. The summed E-state index contributed by atoms with van der Waals surface area (Å²) in [6.07, 6.45) is 1.42. The summed E-state index contributed by atoms with van der Waals surface area (Å²) < 4.78 is 15.9. The number of hydrogen-bond donors (Lipinski definition) is 1. The van der Waals surface area contributed by atoms with Crippen LogP contribution in [-0.2, 0) is 4.79 Å². The van der Waals surface area contributed by atoms with E-state index in [2.05, 4.69) is 10.5 Å². The van der Waals surface area contributed by atoms with Crippen molar-refractivity contribution in [1.82, 2.24) is 5.43 Å². The molecule has 0 aliphatic heterocycles. The summed E-state index contributed by atoms with van der Waals surface area (Å²) in [6, 6.07) is 18.6. The van der Waals surface area contributed by atoms with Crippen LogP contribution in [0.5, 0.6) is 17.2 Å². The Kier molecular flexibility index (Phi) is 8.28. The van der Waals surface area contributed by atoms with Gasteiger partial charge >= 0.3 is 5.97 Å². The minimum Gasteiger partial charge on any atom is -0.494 e. The van der Waals surface area contributed by atoms with Gasteiger partial charge in [-0.2, -0.15) is 5.10 Å². The van der Waals surface area contributed by atoms with E-state index < -0.39 is 16.8 Å². The molecule has 0 saturated heterocycles. The van der Waals surface area contributed by atoms with Gasteiger partial charge < -0.3 is 14.2 Å². The van der Waals surface area contributed by atoms with Crippen LogP contribution >= 0.6 is 0 Å². The topological polar surface area (TPSA) is 129 Å². The van der Waals surface area contributed by atoms with Gasteiger partial charge in [0.2, 0.25) is 0 Å². The Bertz CT molecular complexity index is 1160. The van der Waals surface area contributed by atoms with Crippen LogP contribution in [-0.4, -0.2) is 36.2 Å². The van der Waals surface area contributed by atoms with Crippen molar-refractivity contribution in [2.24, 2.45) is 5.10 Å². The highest BCUT2D eigenvalue weighted by Gasteiger charge is 2.09. The lowest BCUT2D eigenvalue weighted by atomic mass is 10.2. The molecule has 1 amide bonds. The van der Waals surface area contributed by atoms with Crippen LogP contribution in [0.2, 0.25) is 0 Å². The highest BCUT2D eigenvalue weighted by Crippen LogP contribution is 2.18. The lowest BCUT2D eigenvalue weighted by Gasteiger charge is -2.06. The number of carbonyl (C=O) groups excluding carboxylic acids is 2. The molecule has 1 N–H and O–H groups in total. The number of nitro benzene ring substituents is 1. The van der Waals surface area contributed by atoms with Crippen LogP contribution in [0.3, 0.4) is 0 Å². The number of carbonyl (C=O) groups is 2. The third-order valence-corrected chi connectivity index (χ3v) is 4.31. The first-order valence-electron chi connectivity index (χ1n) is 10.2. The summed E-state index contributed by atoms with van der Waals surface area (Å²) in [6.45, 7) is 2.11. The maximum atomic E-state index is 12.2. The van der Waals surface area contributed by atoms with E-state index in [0.29, 0.717) is 35.0 Å². The van der Waals surface area contributed by atoms with Crippen molar-refractivity contribution in [2.75, 3.05) is 13.2 Å². The number of esters is 1. The molecule has 0 aliphatic rings. The molecule has 3 aromatic carbocycles. The van der Waals surface area contributed by atoms with Gasteiger partial charge in [-0.05, 0) is 73.2 Å². The number of nitrogens with one attached hydrogen (secondary N) is 1. The summed E-state index contributed by atoms with van der Waals surface area (Å²) in [5.41, 5.74) is 3.30. The molecule has 0 atom stereocenters. The number of nitrogens with zero attached hydrogens (tertiary/aromatic N) is 2. The molecule has 0 aromatic heterocycles. The maximum absolute atomic E-state index is 12.2. The van der Waals surface area contributed by atoms with E-state index in [9.17, 15) is 19.7 Å². The Morgan fingerprint density at radius 1 is 0.912 bits per heavy atom. The summed E-state index contributed by atoms with van der Waals surface area (Å²) in [5.74, 6) is 0.351. The fraction of sp³-hybridized carbons (Fsp3) is 0.125. The van der Waals surface area contributed by atoms with E-state index in [0.717, 1.165) is 0 Å². The number of ether oxygens (including phenoxy) is 3. The molecule has 0 bridgehead atoms. The molecular formula is C24H21N3O7. The first-order valence-corrected chi connectivity index (χ1v) is 10.2. The third-order valence-electron chi connectivity index (χ3n) is 4.31. The van der Waals surface area contributed by atoms with Crippen LogP contribution in [0.4, 0.5) is 5.69 Å². The predicted molar refractivity (Wildman–Crippen MR) is 123 cm³/mol. The van der Waals surface area contributed by atoms with E-state index >= 15 is 0 Å². The number of benzene rings is 3. The second-order valence-electron chi connectivity index (χ2n) is 6.75. The molecule has 0 radical (unpaired) electrons. The molecule has 0 saturated carbocycles. The van der Waals surface area contributed by atoms with E-state index in [1.165, 1.54) is 30.5 Å². The van der Waals surface area contributed by atoms with Crippen molar-refractivity contribution >= 4 is 23.8 Å². The standard InChI is InChI=1S/C24H21N3O7/c1-2-32-20-11-5-18(6-12-20)24(29)34-22-9-3-17(4-10-22)15-25-26-23(28)16-33-21-13-7-19(8-14-21)27(30)31/h3-15H,2,16H2,1H3,(H,26,28)/b25-15+. The average Bonchev–Trinajstić information content (AvgIpc) is 2.84. The Morgan fingerprint density at radius 3 is 2.12 bits per heavy atom. The van der Waals surface area contributed by atoms with Gasteiger partial charge in [0.25, 0.3) is 11.6 Å². The third kappa shape index (κ3) is 7.16. The molecule has 10 heteroatoms. The van der Waals surface area contributed by atoms with E-state index in [1.54, 1.807) is 48.5 Å². The average molecular weight is 463 g/mol. The van der Waals surface area contributed by atoms with E-state index in [1.807, 2.05) is 6.92 Å². The quantitative estimate of drug-likeness (QED) is 0.159. The number of amides is 1. The zero-order valence-corrected chi connectivity index (χ0v) is 18.2. The molecule has 174 valence electrons. The van der Waals surface area contributed by atoms with Crippen molar-refractivity contribution in [3.8, 4) is 17.2 Å². The van der Waals surface area contributed by atoms with Crippen molar-refractivity contribution in [3.05, 3.63) is 94.0 Å². The SMILES string of the molecule is CCOc1ccc(C(=O)Oc2ccc(/C=N/NC(=O)COc3ccc([N+](=O)[O-])cc3)cc2)cc1. The monoisotopic (exact) mass is 463 g/mol. The first-order chi connectivity index (χ1) is 16.4. The number of non-ortho nitro benzene ring substituents is 1. The minimum absolute atomic E-state index is 0.0710. The van der Waals surface area contributed by atoms with Gasteiger partial charge in [-0.3, -0.25) is 14.9 Å². The van der Waals surface area contributed by atoms with Gasteiger partial charge in [-0.1, -0.05) is 0 Å². The zero-order chi connectivity index (χ0) is 24.3. The highest BCUT2D eigenvalue weighted by molar-refractivity contribution is 5.91. The van der Waals surface area contributed by atoms with Crippen LogP contribution in [0.1, 0.15) is 22.8 Å². The Hall–Kier alpha value is -4.73. The van der Waals surface area contributed by atoms with Gasteiger partial charge in [0.15, 0.2) is 6.61 Å². The molecule has 0 spiro atoms. The number of nitro groups is 1. The van der Waals surface area contributed by atoms with Crippen molar-refractivity contribution < 1.29 is 28.7 Å². The second-order valence-corrected chi connectivity index (χ2v) is 6.75. The van der Waals surface area contributed by atoms with E-state index in [-0.39, 0.29) is 12.3 Å². The largest absolute Gasteiger partial charge is 0.494 e. The normalized spacial score (nSPS) is 10.5. The number of hydrogen-bond acceptors (Lipinski definition) is 8. The van der Waals surface area contributed by atoms with Crippen LogP contribution in [0.15, 0.2) is 77.9 Å². The second kappa shape index (κ2) is 11.8. The van der Waals surface area contributed by atoms with Crippen molar-refractivity contribution in [3.63, 3.8) is 0 Å². The predicted octanol–water partition coefficient (Wildman–Crippen LogP) is 3.74. The molecule has 10 nitrogen and oxygen atoms in total. The number of rotatable bonds is 10. The van der Waals surface area contributed by atoms with Gasteiger partial charge in [-0.25, -0.2) is 10.2 Å². The molecule has 0 unspecified atom stereocenters. The minimum atomic E-state index is -0.524. The summed E-state index contributed by atoms with van der Waals surface area (Å²) in [7, 11) is 0. The van der Waals surface area contributed by atoms with E-state index in [4.69, 9.17) is 14.2 Å². The maximum Gasteiger partial charge on any atom is 0.343 e.